The number of thiocarbonyl (C=S) groups is 1. The number of nitrogens with two attached hydrogens (primary N) is 1. The summed E-state index contributed by atoms with van der Waals surface area (Å²) in [4.78, 5) is 0.324. The smallest absolute Gasteiger partial charge is 0.162 e. The quantitative estimate of drug-likeness (QED) is 0.594. The van der Waals surface area contributed by atoms with Crippen molar-refractivity contribution in [2.24, 2.45) is 5.73 Å². The minimum Gasteiger partial charge on any atom is -0.493 e. The molecule has 0 heterocycles. The molecule has 0 atom stereocenters. The molecule has 4 nitrogen and oxygen atoms in total. The summed E-state index contributed by atoms with van der Waals surface area (Å²) in [5, 5.41) is 0. The monoisotopic (exact) mass is 331 g/mol. The summed E-state index contributed by atoms with van der Waals surface area (Å²) in [5.41, 5.74) is 7.67. The maximum Gasteiger partial charge on any atom is 0.162 e. The molecule has 0 saturated heterocycles. The van der Waals surface area contributed by atoms with Gasteiger partial charge in [0.2, 0.25) is 0 Å². The Morgan fingerprint density at radius 2 is 1.70 bits per heavy atom. The van der Waals surface area contributed by atoms with Gasteiger partial charge in [-0.1, -0.05) is 31.3 Å². The highest BCUT2D eigenvalue weighted by atomic mass is 32.1. The number of rotatable bonds is 8. The van der Waals surface area contributed by atoms with Crippen LogP contribution in [0.4, 0.5) is 0 Å². The Morgan fingerprint density at radius 3 is 2.30 bits per heavy atom. The van der Waals surface area contributed by atoms with Crippen LogP contribution in [0.15, 0.2) is 42.5 Å². The lowest BCUT2D eigenvalue weighted by atomic mass is 10.2. The molecule has 0 spiro atoms. The first-order valence-electron chi connectivity index (χ1n) is 7.46. The SMILES string of the molecule is CCc1ccc(OCCOc2cc(C(N)=S)ccc2OC)cc1. The highest BCUT2D eigenvalue weighted by Crippen LogP contribution is 2.28. The van der Waals surface area contributed by atoms with Gasteiger partial charge >= 0.3 is 0 Å². The zero-order chi connectivity index (χ0) is 16.7. The van der Waals surface area contributed by atoms with Crippen LogP contribution in [0.25, 0.3) is 0 Å². The normalized spacial score (nSPS) is 10.2. The molecule has 0 unspecified atom stereocenters. The van der Waals surface area contributed by atoms with Gasteiger partial charge in [0.1, 0.15) is 24.0 Å². The van der Waals surface area contributed by atoms with Crippen LogP contribution in [0.1, 0.15) is 18.1 Å². The van der Waals surface area contributed by atoms with Gasteiger partial charge < -0.3 is 19.9 Å². The molecule has 2 rings (SSSR count). The fourth-order valence-electron chi connectivity index (χ4n) is 2.08. The van der Waals surface area contributed by atoms with E-state index in [1.54, 1.807) is 25.3 Å². The summed E-state index contributed by atoms with van der Waals surface area (Å²) in [7, 11) is 1.59. The molecule has 0 aliphatic rings. The lowest BCUT2D eigenvalue weighted by Crippen LogP contribution is -2.12. The molecule has 2 aromatic carbocycles. The summed E-state index contributed by atoms with van der Waals surface area (Å²) in [6, 6.07) is 13.4. The average Bonchev–Trinajstić information content (AvgIpc) is 2.59. The molecule has 0 amide bonds. The Bertz CT molecular complexity index is 656. The Balaban J connectivity index is 1.89. The summed E-state index contributed by atoms with van der Waals surface area (Å²) in [6.45, 7) is 2.96. The molecule has 2 N–H and O–H groups in total. The molecular formula is C18H21NO3S. The number of hydrogen-bond donors (Lipinski definition) is 1. The van der Waals surface area contributed by atoms with E-state index >= 15 is 0 Å². The molecule has 0 radical (unpaired) electrons. The third-order valence-electron chi connectivity index (χ3n) is 3.39. The predicted molar refractivity (Wildman–Crippen MR) is 95.7 cm³/mol. The van der Waals surface area contributed by atoms with Crippen LogP contribution in [-0.4, -0.2) is 25.3 Å². The lowest BCUT2D eigenvalue weighted by molar-refractivity contribution is 0.211. The van der Waals surface area contributed by atoms with Crippen LogP contribution in [0, 0.1) is 0 Å². The number of methoxy groups -OCH3 is 1. The number of aryl methyl sites for hydroxylation is 1. The molecule has 0 aromatic heterocycles. The summed E-state index contributed by atoms with van der Waals surface area (Å²) < 4.78 is 16.7. The van der Waals surface area contributed by atoms with Crippen LogP contribution in [-0.2, 0) is 6.42 Å². The topological polar surface area (TPSA) is 53.7 Å². The summed E-state index contributed by atoms with van der Waals surface area (Å²) >= 11 is 4.98. The maximum absolute atomic E-state index is 5.72. The lowest BCUT2D eigenvalue weighted by Gasteiger charge is -2.12. The van der Waals surface area contributed by atoms with Crippen molar-refractivity contribution in [2.75, 3.05) is 20.3 Å². The van der Waals surface area contributed by atoms with Gasteiger partial charge in [-0.2, -0.15) is 0 Å². The van der Waals surface area contributed by atoms with Gasteiger partial charge in [0.15, 0.2) is 11.5 Å². The first kappa shape index (κ1) is 17.1. The molecular weight excluding hydrogens is 310 g/mol. The number of benzene rings is 2. The van der Waals surface area contributed by atoms with Gasteiger partial charge in [0.25, 0.3) is 0 Å². The van der Waals surface area contributed by atoms with Gasteiger partial charge in [-0.3, -0.25) is 0 Å². The Hall–Kier alpha value is -2.27. The predicted octanol–water partition coefficient (Wildman–Crippen LogP) is 3.35. The first-order chi connectivity index (χ1) is 11.1. The zero-order valence-corrected chi connectivity index (χ0v) is 14.2. The molecule has 0 fully saturated rings. The van der Waals surface area contributed by atoms with Gasteiger partial charge in [-0.25, -0.2) is 0 Å². The third-order valence-corrected chi connectivity index (χ3v) is 3.63. The van der Waals surface area contributed by atoms with Gasteiger partial charge in [-0.05, 0) is 42.3 Å². The molecule has 5 heteroatoms. The Labute approximate surface area is 142 Å². The fourth-order valence-corrected chi connectivity index (χ4v) is 2.20. The van der Waals surface area contributed by atoms with Crippen molar-refractivity contribution in [3.05, 3.63) is 53.6 Å². The second-order valence-corrected chi connectivity index (χ2v) is 5.36. The maximum atomic E-state index is 5.72. The molecule has 0 aliphatic heterocycles. The first-order valence-corrected chi connectivity index (χ1v) is 7.87. The van der Waals surface area contributed by atoms with E-state index in [1.807, 2.05) is 12.1 Å². The van der Waals surface area contributed by atoms with E-state index in [0.717, 1.165) is 17.7 Å². The van der Waals surface area contributed by atoms with E-state index in [9.17, 15) is 0 Å². The summed E-state index contributed by atoms with van der Waals surface area (Å²) in [5.74, 6) is 2.06. The highest BCUT2D eigenvalue weighted by molar-refractivity contribution is 7.80. The molecule has 0 aliphatic carbocycles. The molecule has 122 valence electrons. The van der Waals surface area contributed by atoms with E-state index in [4.69, 9.17) is 32.2 Å². The zero-order valence-electron chi connectivity index (χ0n) is 13.4. The molecule has 23 heavy (non-hydrogen) atoms. The van der Waals surface area contributed by atoms with E-state index in [0.29, 0.717) is 29.7 Å². The largest absolute Gasteiger partial charge is 0.493 e. The summed E-state index contributed by atoms with van der Waals surface area (Å²) in [6.07, 6.45) is 1.02. The minimum absolute atomic E-state index is 0.324. The van der Waals surface area contributed by atoms with Crippen molar-refractivity contribution in [1.29, 1.82) is 0 Å². The van der Waals surface area contributed by atoms with Crippen molar-refractivity contribution in [3.63, 3.8) is 0 Å². The van der Waals surface area contributed by atoms with Crippen LogP contribution < -0.4 is 19.9 Å². The van der Waals surface area contributed by atoms with Crippen molar-refractivity contribution in [3.8, 4) is 17.2 Å². The van der Waals surface area contributed by atoms with E-state index in [-0.39, 0.29) is 0 Å². The fraction of sp³-hybridized carbons (Fsp3) is 0.278. The molecule has 0 bridgehead atoms. The van der Waals surface area contributed by atoms with Gasteiger partial charge in [0.05, 0.1) is 7.11 Å². The number of ether oxygens (including phenoxy) is 3. The van der Waals surface area contributed by atoms with Crippen molar-refractivity contribution in [1.82, 2.24) is 0 Å². The van der Waals surface area contributed by atoms with Crippen molar-refractivity contribution >= 4 is 17.2 Å². The Kier molecular flexibility index (Phi) is 6.23. The number of hydrogen-bond acceptors (Lipinski definition) is 4. The van der Waals surface area contributed by atoms with Crippen LogP contribution in [0.5, 0.6) is 17.2 Å². The minimum atomic E-state index is 0.324. The van der Waals surface area contributed by atoms with Crippen molar-refractivity contribution < 1.29 is 14.2 Å². The van der Waals surface area contributed by atoms with Crippen LogP contribution in [0.2, 0.25) is 0 Å². The van der Waals surface area contributed by atoms with Crippen molar-refractivity contribution in [2.45, 2.75) is 13.3 Å². The van der Waals surface area contributed by atoms with E-state index in [1.165, 1.54) is 5.56 Å². The highest BCUT2D eigenvalue weighted by Gasteiger charge is 2.07. The second kappa shape index (κ2) is 8.39. The van der Waals surface area contributed by atoms with E-state index in [2.05, 4.69) is 19.1 Å². The van der Waals surface area contributed by atoms with Crippen LogP contribution >= 0.6 is 12.2 Å². The molecule has 2 aromatic rings. The standard InChI is InChI=1S/C18H21NO3S/c1-3-13-4-7-15(8-5-13)21-10-11-22-17-12-14(18(19)23)6-9-16(17)20-2/h4-9,12H,3,10-11H2,1-2H3,(H2,19,23). The third kappa shape index (κ3) is 4.86. The van der Waals surface area contributed by atoms with E-state index < -0.39 is 0 Å². The average molecular weight is 331 g/mol. The Morgan fingerprint density at radius 1 is 1.00 bits per heavy atom. The second-order valence-electron chi connectivity index (χ2n) is 4.92. The van der Waals surface area contributed by atoms with Gasteiger partial charge in [-0.15, -0.1) is 0 Å². The van der Waals surface area contributed by atoms with Crippen LogP contribution in [0.3, 0.4) is 0 Å². The molecule has 0 saturated carbocycles. The van der Waals surface area contributed by atoms with Gasteiger partial charge in [0, 0.05) is 5.56 Å².